The fourth-order valence-electron chi connectivity index (χ4n) is 2.63. The van der Waals surface area contributed by atoms with Crippen LogP contribution in [-0.4, -0.2) is 28.6 Å². The molecule has 1 aliphatic rings. The molecule has 2 aromatic heterocycles. The summed E-state index contributed by atoms with van der Waals surface area (Å²) in [5, 5.41) is 5.50. The van der Waals surface area contributed by atoms with Crippen molar-refractivity contribution in [2.75, 3.05) is 12.1 Å². The highest BCUT2D eigenvalue weighted by Gasteiger charge is 2.16. The number of nitrogens with one attached hydrogen (secondary N) is 2. The molecule has 2 amide bonds. The van der Waals surface area contributed by atoms with Gasteiger partial charge in [0.2, 0.25) is 6.79 Å². The van der Waals surface area contributed by atoms with Crippen molar-refractivity contribution in [2.24, 2.45) is 0 Å². The summed E-state index contributed by atoms with van der Waals surface area (Å²) in [6, 6.07) is 13.4. The lowest BCUT2D eigenvalue weighted by atomic mass is 10.2. The van der Waals surface area contributed by atoms with E-state index >= 15 is 0 Å². The molecule has 0 unspecified atom stereocenters. The molecule has 0 aliphatic carbocycles. The molecule has 0 saturated carbocycles. The van der Waals surface area contributed by atoms with E-state index in [1.165, 1.54) is 0 Å². The van der Waals surface area contributed by atoms with Gasteiger partial charge in [-0.15, -0.1) is 0 Å². The van der Waals surface area contributed by atoms with Crippen LogP contribution in [0.3, 0.4) is 0 Å². The Morgan fingerprint density at radius 2 is 1.68 bits per heavy atom. The van der Waals surface area contributed by atoms with Crippen LogP contribution in [0.15, 0.2) is 60.9 Å². The van der Waals surface area contributed by atoms with Gasteiger partial charge >= 0.3 is 0 Å². The van der Waals surface area contributed by atoms with E-state index in [0.717, 1.165) is 5.56 Å². The summed E-state index contributed by atoms with van der Waals surface area (Å²) in [7, 11) is 0. The maximum atomic E-state index is 12.5. The minimum Gasteiger partial charge on any atom is -0.454 e. The van der Waals surface area contributed by atoms with E-state index in [4.69, 9.17) is 9.47 Å². The van der Waals surface area contributed by atoms with Crippen molar-refractivity contribution < 1.29 is 19.1 Å². The van der Waals surface area contributed by atoms with Gasteiger partial charge in [0.1, 0.15) is 11.4 Å². The smallest absolute Gasteiger partial charge is 0.274 e. The van der Waals surface area contributed by atoms with E-state index in [2.05, 4.69) is 20.6 Å². The van der Waals surface area contributed by atoms with Crippen LogP contribution in [0.25, 0.3) is 0 Å². The minimum absolute atomic E-state index is 0.134. The third kappa shape index (κ3) is 3.90. The standard InChI is InChI=1S/C20H16N4O4/c25-19(22-11-13-6-8-21-9-7-13)15-2-1-3-16(24-15)20(26)23-14-4-5-17-18(10-14)28-12-27-17/h1-10H,11-12H2,(H,22,25)(H,23,26). The molecular weight excluding hydrogens is 360 g/mol. The molecule has 0 radical (unpaired) electrons. The number of hydrogen-bond acceptors (Lipinski definition) is 6. The van der Waals surface area contributed by atoms with Crippen LogP contribution >= 0.6 is 0 Å². The molecule has 1 aliphatic heterocycles. The fourth-order valence-corrected chi connectivity index (χ4v) is 2.63. The maximum Gasteiger partial charge on any atom is 0.274 e. The number of anilines is 1. The van der Waals surface area contributed by atoms with Crippen LogP contribution in [0, 0.1) is 0 Å². The van der Waals surface area contributed by atoms with Crippen molar-refractivity contribution in [3.8, 4) is 11.5 Å². The summed E-state index contributed by atoms with van der Waals surface area (Å²) >= 11 is 0. The van der Waals surface area contributed by atoms with E-state index in [9.17, 15) is 9.59 Å². The number of carbonyl (C=O) groups excluding carboxylic acids is 2. The summed E-state index contributed by atoms with van der Waals surface area (Å²) in [4.78, 5) is 32.9. The molecule has 8 nitrogen and oxygen atoms in total. The average molecular weight is 376 g/mol. The Bertz CT molecular complexity index is 1020. The van der Waals surface area contributed by atoms with E-state index in [1.54, 1.807) is 48.8 Å². The fraction of sp³-hybridized carbons (Fsp3) is 0.100. The van der Waals surface area contributed by atoms with Crippen LogP contribution in [0.5, 0.6) is 11.5 Å². The first-order valence-corrected chi connectivity index (χ1v) is 8.54. The lowest BCUT2D eigenvalue weighted by Crippen LogP contribution is -2.25. The van der Waals surface area contributed by atoms with Gasteiger partial charge in [0, 0.05) is 30.7 Å². The second-order valence-electron chi connectivity index (χ2n) is 5.97. The molecule has 3 heterocycles. The molecule has 0 fully saturated rings. The number of amides is 2. The molecule has 1 aromatic carbocycles. The molecule has 140 valence electrons. The van der Waals surface area contributed by atoms with Gasteiger partial charge in [-0.2, -0.15) is 0 Å². The second-order valence-corrected chi connectivity index (χ2v) is 5.97. The Labute approximate surface area is 160 Å². The van der Waals surface area contributed by atoms with Crippen LogP contribution in [0.1, 0.15) is 26.5 Å². The molecule has 28 heavy (non-hydrogen) atoms. The molecule has 3 aromatic rings. The average Bonchev–Trinajstić information content (AvgIpc) is 3.21. The zero-order valence-electron chi connectivity index (χ0n) is 14.7. The monoisotopic (exact) mass is 376 g/mol. The van der Waals surface area contributed by atoms with Crippen LogP contribution in [0.4, 0.5) is 5.69 Å². The summed E-state index contributed by atoms with van der Waals surface area (Å²) < 4.78 is 10.5. The zero-order valence-corrected chi connectivity index (χ0v) is 14.7. The molecule has 0 spiro atoms. The number of fused-ring (bicyclic) bond motifs is 1. The largest absolute Gasteiger partial charge is 0.454 e. The van der Waals surface area contributed by atoms with Gasteiger partial charge in [-0.05, 0) is 42.0 Å². The Kier molecular flexibility index (Phi) is 4.83. The third-order valence-corrected chi connectivity index (χ3v) is 4.05. The van der Waals surface area contributed by atoms with Crippen molar-refractivity contribution in [1.29, 1.82) is 0 Å². The van der Waals surface area contributed by atoms with Crippen molar-refractivity contribution >= 4 is 17.5 Å². The summed E-state index contributed by atoms with van der Waals surface area (Å²) in [6.45, 7) is 0.502. The minimum atomic E-state index is -0.428. The first-order valence-electron chi connectivity index (χ1n) is 8.54. The molecule has 8 heteroatoms. The maximum absolute atomic E-state index is 12.5. The summed E-state index contributed by atoms with van der Waals surface area (Å²) in [5.41, 5.74) is 1.75. The van der Waals surface area contributed by atoms with Crippen LogP contribution < -0.4 is 20.1 Å². The number of ether oxygens (including phenoxy) is 2. The number of pyridine rings is 2. The van der Waals surface area contributed by atoms with Gasteiger partial charge in [0.05, 0.1) is 0 Å². The van der Waals surface area contributed by atoms with Crippen molar-refractivity contribution in [3.05, 3.63) is 77.9 Å². The predicted molar refractivity (Wildman–Crippen MR) is 100 cm³/mol. The molecule has 0 bridgehead atoms. The number of nitrogens with zero attached hydrogens (tertiary/aromatic N) is 2. The molecule has 2 N–H and O–H groups in total. The van der Waals surface area contributed by atoms with Crippen molar-refractivity contribution in [1.82, 2.24) is 15.3 Å². The first kappa shape index (κ1) is 17.5. The van der Waals surface area contributed by atoms with E-state index < -0.39 is 5.91 Å². The molecule has 4 rings (SSSR count). The summed E-state index contributed by atoms with van der Waals surface area (Å²) in [5.74, 6) is 0.399. The van der Waals surface area contributed by atoms with E-state index in [0.29, 0.717) is 23.7 Å². The van der Waals surface area contributed by atoms with Gasteiger partial charge in [-0.3, -0.25) is 14.6 Å². The van der Waals surface area contributed by atoms with Gasteiger partial charge in [0.25, 0.3) is 11.8 Å². The van der Waals surface area contributed by atoms with Gasteiger partial charge < -0.3 is 20.1 Å². The topological polar surface area (TPSA) is 102 Å². The Balaban J connectivity index is 1.42. The SMILES string of the molecule is O=C(NCc1ccncc1)c1cccc(C(=O)Nc2ccc3c(c2)OCO3)n1. The highest BCUT2D eigenvalue weighted by molar-refractivity contribution is 6.04. The zero-order chi connectivity index (χ0) is 19.3. The van der Waals surface area contributed by atoms with Crippen molar-refractivity contribution in [2.45, 2.75) is 6.54 Å². The second kappa shape index (κ2) is 7.75. The highest BCUT2D eigenvalue weighted by atomic mass is 16.7. The van der Waals surface area contributed by atoms with Crippen molar-refractivity contribution in [3.63, 3.8) is 0 Å². The Morgan fingerprint density at radius 1 is 0.929 bits per heavy atom. The Hall–Kier alpha value is -3.94. The number of hydrogen-bond donors (Lipinski definition) is 2. The lowest BCUT2D eigenvalue weighted by Gasteiger charge is -2.08. The number of benzene rings is 1. The third-order valence-electron chi connectivity index (χ3n) is 4.05. The molecule has 0 saturated heterocycles. The van der Waals surface area contributed by atoms with Crippen LogP contribution in [0.2, 0.25) is 0 Å². The summed E-state index contributed by atoms with van der Waals surface area (Å²) in [6.07, 6.45) is 3.31. The van der Waals surface area contributed by atoms with E-state index in [1.807, 2.05) is 12.1 Å². The number of rotatable bonds is 5. The number of carbonyl (C=O) groups is 2. The van der Waals surface area contributed by atoms with Gasteiger partial charge in [-0.25, -0.2) is 4.98 Å². The molecular formula is C20H16N4O4. The van der Waals surface area contributed by atoms with Gasteiger partial charge in [-0.1, -0.05) is 6.07 Å². The first-order chi connectivity index (χ1) is 13.7. The lowest BCUT2D eigenvalue weighted by molar-refractivity contribution is 0.0945. The Morgan fingerprint density at radius 3 is 2.50 bits per heavy atom. The molecule has 0 atom stereocenters. The normalized spacial score (nSPS) is 11.7. The quantitative estimate of drug-likeness (QED) is 0.709. The highest BCUT2D eigenvalue weighted by Crippen LogP contribution is 2.34. The van der Waals surface area contributed by atoms with Gasteiger partial charge in [0.15, 0.2) is 11.5 Å². The number of aromatic nitrogens is 2. The van der Waals surface area contributed by atoms with Crippen LogP contribution in [-0.2, 0) is 6.54 Å². The predicted octanol–water partition coefficient (Wildman–Crippen LogP) is 2.39. The van der Waals surface area contributed by atoms with E-state index in [-0.39, 0.29) is 24.1 Å².